The minimum absolute atomic E-state index is 0.0729. The largest absolute Gasteiger partial charge is 0.393 e. The molecule has 0 aliphatic heterocycles. The molecule has 0 aliphatic carbocycles. The second-order valence-electron chi connectivity index (χ2n) is 4.77. The van der Waals surface area contributed by atoms with E-state index in [1.165, 1.54) is 12.8 Å². The van der Waals surface area contributed by atoms with E-state index in [1.54, 1.807) is 25.8 Å². The van der Waals surface area contributed by atoms with E-state index < -0.39 is 0 Å². The molecule has 1 unspecified atom stereocenters. The Morgan fingerprint density at radius 2 is 1.90 bits per heavy atom. The van der Waals surface area contributed by atoms with Crippen LogP contribution in [-0.4, -0.2) is 47.8 Å². The van der Waals surface area contributed by atoms with Crippen molar-refractivity contribution in [1.29, 1.82) is 0 Å². The van der Waals surface area contributed by atoms with Crippen molar-refractivity contribution in [2.75, 3.05) is 25.2 Å². The summed E-state index contributed by atoms with van der Waals surface area (Å²) in [6, 6.07) is -0.253. The predicted octanol–water partition coefficient (Wildman–Crippen LogP) is 2.87. The molecule has 124 valence electrons. The van der Waals surface area contributed by atoms with Crippen molar-refractivity contribution >= 4 is 17.5 Å². The quantitative estimate of drug-likeness (QED) is 0.675. The molecular formula is C15H35NO3S. The van der Waals surface area contributed by atoms with Crippen LogP contribution in [0.2, 0.25) is 0 Å². The number of nitrogens with two attached hydrogens (primary N) is 1. The molecular weight excluding hydrogens is 274 g/mol. The Morgan fingerprint density at radius 1 is 1.40 bits per heavy atom. The molecule has 0 aromatic heterocycles. The third-order valence-corrected chi connectivity index (χ3v) is 3.57. The van der Waals surface area contributed by atoms with Crippen molar-refractivity contribution in [2.24, 2.45) is 5.73 Å². The zero-order chi connectivity index (χ0) is 16.6. The molecule has 0 saturated heterocycles. The van der Waals surface area contributed by atoms with E-state index in [-0.39, 0.29) is 24.0 Å². The number of ketones is 1. The van der Waals surface area contributed by atoms with E-state index in [0.717, 1.165) is 11.5 Å². The number of hydrogen-bond acceptors (Lipinski definition) is 5. The van der Waals surface area contributed by atoms with E-state index >= 15 is 0 Å². The highest BCUT2D eigenvalue weighted by molar-refractivity contribution is 7.99. The summed E-state index contributed by atoms with van der Waals surface area (Å²) in [5.74, 6) is 1.99. The first-order valence-electron chi connectivity index (χ1n) is 7.30. The second kappa shape index (κ2) is 17.0. The Morgan fingerprint density at radius 3 is 2.15 bits per heavy atom. The number of carbonyl (C=O) groups excluding carboxylic acids is 1. The maximum atomic E-state index is 10.7. The predicted molar refractivity (Wildman–Crippen MR) is 90.4 cm³/mol. The summed E-state index contributed by atoms with van der Waals surface area (Å²) in [4.78, 5) is 10.7. The summed E-state index contributed by atoms with van der Waals surface area (Å²) in [5.41, 5.74) is 5.17. The van der Waals surface area contributed by atoms with Gasteiger partial charge in [-0.15, -0.1) is 0 Å². The number of aliphatic hydroxyl groups is 1. The summed E-state index contributed by atoms with van der Waals surface area (Å²) in [6.07, 6.45) is 2.43. The van der Waals surface area contributed by atoms with Gasteiger partial charge in [0.15, 0.2) is 0 Å². The SMILES string of the molecule is CC.CCCCSCC(N)C(C)=O.COC(C)(C)CO. The summed E-state index contributed by atoms with van der Waals surface area (Å²) in [6.45, 7) is 11.4. The fourth-order valence-corrected chi connectivity index (χ4v) is 1.79. The maximum absolute atomic E-state index is 10.7. The Labute approximate surface area is 129 Å². The number of hydrogen-bond donors (Lipinski definition) is 2. The molecule has 0 fully saturated rings. The van der Waals surface area contributed by atoms with Gasteiger partial charge in [0.25, 0.3) is 0 Å². The molecule has 0 spiro atoms. The summed E-state index contributed by atoms with van der Waals surface area (Å²) in [5, 5.41) is 8.47. The first-order chi connectivity index (χ1) is 9.30. The highest BCUT2D eigenvalue weighted by atomic mass is 32.2. The Hall–Kier alpha value is -0.100. The standard InChI is InChI=1S/C8H17NOS.C5H12O2.C2H6/c1-3-4-5-11-6-8(9)7(2)10;1-5(2,4-6)7-3;1-2/h8H,3-6,9H2,1-2H3;6H,4H2,1-3H3;1-2H3. The molecule has 0 aliphatic rings. The molecule has 0 radical (unpaired) electrons. The number of methoxy groups -OCH3 is 1. The van der Waals surface area contributed by atoms with Crippen LogP contribution in [0.25, 0.3) is 0 Å². The average Bonchev–Trinajstić information content (AvgIpc) is 2.46. The van der Waals surface area contributed by atoms with Crippen molar-refractivity contribution in [3.8, 4) is 0 Å². The Kier molecular flexibility index (Phi) is 21.1. The van der Waals surface area contributed by atoms with Crippen LogP contribution in [-0.2, 0) is 9.53 Å². The highest BCUT2D eigenvalue weighted by Crippen LogP contribution is 2.05. The van der Waals surface area contributed by atoms with Crippen LogP contribution < -0.4 is 5.73 Å². The maximum Gasteiger partial charge on any atom is 0.147 e. The van der Waals surface area contributed by atoms with Gasteiger partial charge in [0, 0.05) is 12.9 Å². The first-order valence-corrected chi connectivity index (χ1v) is 8.46. The highest BCUT2D eigenvalue weighted by Gasteiger charge is 2.12. The third kappa shape index (κ3) is 20.2. The molecule has 0 amide bonds. The molecule has 0 aromatic carbocycles. The number of thioether (sulfide) groups is 1. The van der Waals surface area contributed by atoms with Gasteiger partial charge in [-0.1, -0.05) is 27.2 Å². The summed E-state index contributed by atoms with van der Waals surface area (Å²) >= 11 is 1.77. The van der Waals surface area contributed by atoms with E-state index in [2.05, 4.69) is 6.92 Å². The molecule has 5 heteroatoms. The van der Waals surface area contributed by atoms with Crippen LogP contribution in [0.1, 0.15) is 54.4 Å². The lowest BCUT2D eigenvalue weighted by Crippen LogP contribution is -2.30. The first kappa shape index (κ1) is 24.9. The Bertz CT molecular complexity index is 205. The number of aliphatic hydroxyl groups excluding tert-OH is 1. The zero-order valence-electron chi connectivity index (χ0n) is 14.4. The monoisotopic (exact) mass is 309 g/mol. The normalized spacial score (nSPS) is 11.7. The molecule has 4 nitrogen and oxygen atoms in total. The number of carbonyl (C=O) groups is 1. The molecule has 0 rings (SSSR count). The van der Waals surface area contributed by atoms with Crippen molar-refractivity contribution in [2.45, 2.75) is 66.0 Å². The van der Waals surface area contributed by atoms with E-state index in [1.807, 2.05) is 27.7 Å². The van der Waals surface area contributed by atoms with E-state index in [9.17, 15) is 4.79 Å². The summed E-state index contributed by atoms with van der Waals surface area (Å²) in [7, 11) is 1.58. The Balaban J connectivity index is -0.000000277. The molecule has 0 heterocycles. The molecule has 1 atom stereocenters. The van der Waals surface area contributed by atoms with Gasteiger partial charge in [0.1, 0.15) is 5.78 Å². The van der Waals surface area contributed by atoms with Gasteiger partial charge in [-0.3, -0.25) is 4.79 Å². The number of rotatable bonds is 8. The van der Waals surface area contributed by atoms with Crippen molar-refractivity contribution in [1.82, 2.24) is 0 Å². The van der Waals surface area contributed by atoms with E-state index in [4.69, 9.17) is 15.6 Å². The minimum atomic E-state index is -0.361. The smallest absolute Gasteiger partial charge is 0.147 e. The fraction of sp³-hybridized carbons (Fsp3) is 0.933. The van der Waals surface area contributed by atoms with Crippen LogP contribution in [0, 0.1) is 0 Å². The number of unbranched alkanes of at least 4 members (excludes halogenated alkanes) is 1. The van der Waals surface area contributed by atoms with Gasteiger partial charge in [0.2, 0.25) is 0 Å². The van der Waals surface area contributed by atoms with Gasteiger partial charge in [-0.2, -0.15) is 11.8 Å². The third-order valence-electron chi connectivity index (χ3n) is 2.40. The zero-order valence-corrected chi connectivity index (χ0v) is 15.2. The summed E-state index contributed by atoms with van der Waals surface area (Å²) < 4.78 is 4.84. The average molecular weight is 310 g/mol. The van der Waals surface area contributed by atoms with Crippen LogP contribution >= 0.6 is 11.8 Å². The fourth-order valence-electron chi connectivity index (χ4n) is 0.639. The van der Waals surface area contributed by atoms with Crippen LogP contribution in [0.4, 0.5) is 0 Å². The lowest BCUT2D eigenvalue weighted by molar-refractivity contribution is -0.117. The molecule has 0 aromatic rings. The number of Topliss-reactive ketones (excluding diaryl/α,β-unsaturated/α-hetero) is 1. The van der Waals surface area contributed by atoms with Gasteiger partial charge in [0.05, 0.1) is 18.2 Å². The van der Waals surface area contributed by atoms with Crippen LogP contribution in [0.3, 0.4) is 0 Å². The van der Waals surface area contributed by atoms with Gasteiger partial charge >= 0.3 is 0 Å². The van der Waals surface area contributed by atoms with Gasteiger partial charge < -0.3 is 15.6 Å². The minimum Gasteiger partial charge on any atom is -0.393 e. The molecule has 20 heavy (non-hydrogen) atoms. The number of ether oxygens (including phenoxy) is 1. The van der Waals surface area contributed by atoms with Crippen molar-refractivity contribution in [3.63, 3.8) is 0 Å². The van der Waals surface area contributed by atoms with E-state index in [0.29, 0.717) is 0 Å². The molecule has 0 bridgehead atoms. The van der Waals surface area contributed by atoms with Crippen molar-refractivity contribution < 1.29 is 14.6 Å². The molecule has 0 saturated carbocycles. The topological polar surface area (TPSA) is 72.6 Å². The second-order valence-corrected chi connectivity index (χ2v) is 5.92. The lowest BCUT2D eigenvalue weighted by atomic mass is 10.2. The van der Waals surface area contributed by atoms with Crippen LogP contribution in [0.15, 0.2) is 0 Å². The molecule has 3 N–H and O–H groups in total. The lowest BCUT2D eigenvalue weighted by Gasteiger charge is -2.18. The van der Waals surface area contributed by atoms with Gasteiger partial charge in [-0.05, 0) is 32.9 Å². The van der Waals surface area contributed by atoms with Gasteiger partial charge in [-0.25, -0.2) is 0 Å². The van der Waals surface area contributed by atoms with Crippen LogP contribution in [0.5, 0.6) is 0 Å². The van der Waals surface area contributed by atoms with Crippen molar-refractivity contribution in [3.05, 3.63) is 0 Å².